The zero-order valence-electron chi connectivity index (χ0n) is 20.2. The smallest absolute Gasteiger partial charge is 0.322 e. The fraction of sp³-hybridized carbons (Fsp3) is 0.333. The highest BCUT2D eigenvalue weighted by Crippen LogP contribution is 2.42. The van der Waals surface area contributed by atoms with Crippen molar-refractivity contribution >= 4 is 23.4 Å². The van der Waals surface area contributed by atoms with E-state index in [0.717, 1.165) is 29.7 Å². The second-order valence-corrected chi connectivity index (χ2v) is 9.28. The van der Waals surface area contributed by atoms with Gasteiger partial charge in [-0.25, -0.2) is 4.79 Å². The third kappa shape index (κ3) is 4.56. The lowest BCUT2D eigenvalue weighted by Gasteiger charge is -2.41. The zero-order valence-corrected chi connectivity index (χ0v) is 20.2. The summed E-state index contributed by atoms with van der Waals surface area (Å²) in [5.41, 5.74) is 0.907. The Kier molecular flexibility index (Phi) is 6.22. The number of rotatable bonds is 8. The number of hydrogen-bond donors (Lipinski definition) is 2. The molecule has 5 rings (SSSR count). The Bertz CT molecular complexity index is 1270. The maximum atomic E-state index is 13.7. The van der Waals surface area contributed by atoms with E-state index in [9.17, 15) is 14.4 Å². The summed E-state index contributed by atoms with van der Waals surface area (Å²) in [6.07, 6.45) is 12.4. The summed E-state index contributed by atoms with van der Waals surface area (Å²) >= 11 is 0. The van der Waals surface area contributed by atoms with E-state index in [1.165, 1.54) is 0 Å². The van der Waals surface area contributed by atoms with Gasteiger partial charge in [0.05, 0.1) is 31.0 Å². The van der Waals surface area contributed by atoms with E-state index in [4.69, 9.17) is 9.15 Å². The topological polar surface area (TPSA) is 114 Å². The van der Waals surface area contributed by atoms with Crippen LogP contribution in [0.1, 0.15) is 50.4 Å². The lowest BCUT2D eigenvalue weighted by atomic mass is 9.89. The number of furan rings is 1. The van der Waals surface area contributed by atoms with Crippen LogP contribution in [0.2, 0.25) is 0 Å². The van der Waals surface area contributed by atoms with Crippen molar-refractivity contribution in [1.29, 1.82) is 0 Å². The van der Waals surface area contributed by atoms with Crippen LogP contribution in [0.5, 0.6) is 5.75 Å². The molecule has 2 N–H and O–H groups in total. The SMILES string of the molecule is C/C=C\C1=C(c2coc(C3CC3)c2)C(=O)N(C[C@]2(/C(=C/C)Oc3cccnc3)CC(=O)NC(=O)N2)C1. The predicted octanol–water partition coefficient (Wildman–Crippen LogP) is 3.68. The largest absolute Gasteiger partial charge is 0.468 e. The van der Waals surface area contributed by atoms with Crippen molar-refractivity contribution in [3.8, 4) is 5.75 Å². The minimum Gasteiger partial charge on any atom is -0.468 e. The molecule has 3 aliphatic rings. The summed E-state index contributed by atoms with van der Waals surface area (Å²) in [6.45, 7) is 4.03. The predicted molar refractivity (Wildman–Crippen MR) is 132 cm³/mol. The first-order valence-electron chi connectivity index (χ1n) is 12.0. The molecule has 2 fully saturated rings. The molecule has 4 amide bonds. The summed E-state index contributed by atoms with van der Waals surface area (Å²) in [6, 6.07) is 4.77. The quantitative estimate of drug-likeness (QED) is 0.548. The van der Waals surface area contributed by atoms with E-state index in [1.807, 2.05) is 25.1 Å². The van der Waals surface area contributed by atoms with Crippen LogP contribution >= 0.6 is 0 Å². The van der Waals surface area contributed by atoms with Crippen LogP contribution in [0.15, 0.2) is 70.8 Å². The maximum absolute atomic E-state index is 13.7. The molecule has 1 atom stereocenters. The number of carbonyl (C=O) groups is 3. The number of allylic oxidation sites excluding steroid dienone is 2. The van der Waals surface area contributed by atoms with Gasteiger partial charge in [0, 0.05) is 24.2 Å². The Morgan fingerprint density at radius 2 is 2.14 bits per heavy atom. The molecule has 1 saturated heterocycles. The van der Waals surface area contributed by atoms with Crippen LogP contribution in [0.25, 0.3) is 5.57 Å². The third-order valence-corrected chi connectivity index (χ3v) is 6.56. The summed E-state index contributed by atoms with van der Waals surface area (Å²) in [5.74, 6) is 1.49. The van der Waals surface area contributed by atoms with Crippen molar-refractivity contribution in [2.75, 3.05) is 13.1 Å². The maximum Gasteiger partial charge on any atom is 0.322 e. The van der Waals surface area contributed by atoms with E-state index in [2.05, 4.69) is 15.6 Å². The third-order valence-electron chi connectivity index (χ3n) is 6.56. The molecule has 4 heterocycles. The summed E-state index contributed by atoms with van der Waals surface area (Å²) in [7, 11) is 0. The van der Waals surface area contributed by atoms with Crippen molar-refractivity contribution in [2.45, 2.75) is 44.6 Å². The zero-order chi connectivity index (χ0) is 25.3. The Balaban J connectivity index is 1.47. The molecule has 0 bridgehead atoms. The second kappa shape index (κ2) is 9.49. The van der Waals surface area contributed by atoms with Gasteiger partial charge in [-0.1, -0.05) is 12.2 Å². The van der Waals surface area contributed by atoms with Gasteiger partial charge in [-0.3, -0.25) is 19.9 Å². The molecule has 9 nitrogen and oxygen atoms in total. The van der Waals surface area contributed by atoms with E-state index in [0.29, 0.717) is 29.5 Å². The molecule has 2 aromatic heterocycles. The molecule has 186 valence electrons. The molecule has 1 saturated carbocycles. The molecule has 36 heavy (non-hydrogen) atoms. The number of aromatic nitrogens is 1. The number of hydrogen-bond acceptors (Lipinski definition) is 6. The number of carbonyl (C=O) groups excluding carboxylic acids is 3. The van der Waals surface area contributed by atoms with E-state index >= 15 is 0 Å². The molecule has 2 aliphatic heterocycles. The molecule has 0 aromatic carbocycles. The van der Waals surface area contributed by atoms with E-state index in [1.54, 1.807) is 48.7 Å². The Morgan fingerprint density at radius 3 is 2.81 bits per heavy atom. The Labute approximate surface area is 208 Å². The average Bonchev–Trinajstić information content (AvgIpc) is 3.52. The number of urea groups is 1. The summed E-state index contributed by atoms with van der Waals surface area (Å²) in [5, 5.41) is 5.15. The first-order valence-corrected chi connectivity index (χ1v) is 12.0. The van der Waals surface area contributed by atoms with Gasteiger partial charge in [-0.15, -0.1) is 0 Å². The van der Waals surface area contributed by atoms with Crippen LogP contribution < -0.4 is 15.4 Å². The molecule has 9 heteroatoms. The van der Waals surface area contributed by atoms with E-state index in [-0.39, 0.29) is 18.9 Å². The van der Waals surface area contributed by atoms with Crippen molar-refractivity contribution in [3.63, 3.8) is 0 Å². The highest BCUT2D eigenvalue weighted by atomic mass is 16.5. The molecule has 0 unspecified atom stereocenters. The molecule has 2 aromatic rings. The molecule has 0 radical (unpaired) electrons. The van der Waals surface area contributed by atoms with Gasteiger partial charge in [-0.2, -0.15) is 0 Å². The van der Waals surface area contributed by atoms with Crippen LogP contribution in [-0.2, 0) is 9.59 Å². The minimum absolute atomic E-state index is 0.0445. The van der Waals surface area contributed by atoms with Crippen LogP contribution in [0.3, 0.4) is 0 Å². The van der Waals surface area contributed by atoms with Gasteiger partial charge < -0.3 is 19.4 Å². The van der Waals surface area contributed by atoms with Gasteiger partial charge in [0.1, 0.15) is 22.8 Å². The first-order chi connectivity index (χ1) is 17.4. The fourth-order valence-corrected chi connectivity index (χ4v) is 4.84. The number of nitrogens with one attached hydrogen (secondary N) is 2. The first kappa shape index (κ1) is 23.6. The van der Waals surface area contributed by atoms with Gasteiger partial charge in [0.2, 0.25) is 5.91 Å². The molecular formula is C27H28N4O5. The van der Waals surface area contributed by atoms with E-state index < -0.39 is 17.5 Å². The normalized spacial score (nSPS) is 22.9. The van der Waals surface area contributed by atoms with Crippen LogP contribution in [0.4, 0.5) is 4.79 Å². The fourth-order valence-electron chi connectivity index (χ4n) is 4.84. The molecular weight excluding hydrogens is 460 g/mol. The van der Waals surface area contributed by atoms with Crippen LogP contribution in [0, 0.1) is 0 Å². The van der Waals surface area contributed by atoms with Crippen molar-refractivity contribution in [1.82, 2.24) is 20.5 Å². The number of nitrogens with zero attached hydrogens (tertiary/aromatic N) is 2. The number of imide groups is 1. The summed E-state index contributed by atoms with van der Waals surface area (Å²) in [4.78, 5) is 44.5. The highest BCUT2D eigenvalue weighted by Gasteiger charge is 2.47. The number of pyridine rings is 1. The van der Waals surface area contributed by atoms with Crippen molar-refractivity contribution < 1.29 is 23.5 Å². The lowest BCUT2D eigenvalue weighted by Crippen LogP contribution is -2.66. The van der Waals surface area contributed by atoms with Crippen molar-refractivity contribution in [3.05, 3.63) is 77.7 Å². The second-order valence-electron chi connectivity index (χ2n) is 9.28. The highest BCUT2D eigenvalue weighted by molar-refractivity contribution is 6.23. The summed E-state index contributed by atoms with van der Waals surface area (Å²) < 4.78 is 11.9. The Hall–Kier alpha value is -4.14. The van der Waals surface area contributed by atoms with Gasteiger partial charge >= 0.3 is 6.03 Å². The van der Waals surface area contributed by atoms with Gasteiger partial charge in [-0.05, 0) is 56.5 Å². The minimum atomic E-state index is -1.26. The molecule has 1 aliphatic carbocycles. The van der Waals surface area contributed by atoms with Gasteiger partial charge in [0.25, 0.3) is 5.91 Å². The standard InChI is InChI=1S/C27H28N4O5/c1-3-6-18-14-31(25(33)24(18)19-11-21(35-15-19)17-8-9-17)16-27(12-23(32)29-26(34)30-27)22(4-2)36-20-7-5-10-28-13-20/h3-7,10-11,13,15,17H,8-9,12,14,16H2,1-2H3,(H2,29,30,32,34)/b6-3-,22-4-/t27-/m0/s1. The van der Waals surface area contributed by atoms with Crippen molar-refractivity contribution in [2.24, 2.45) is 0 Å². The van der Waals surface area contributed by atoms with Gasteiger partial charge in [0.15, 0.2) is 0 Å². The number of ether oxygens (including phenoxy) is 1. The lowest BCUT2D eigenvalue weighted by molar-refractivity contribution is -0.127. The molecule has 0 spiro atoms. The average molecular weight is 489 g/mol. The Morgan fingerprint density at radius 1 is 1.31 bits per heavy atom. The monoisotopic (exact) mass is 488 g/mol. The van der Waals surface area contributed by atoms with Crippen LogP contribution in [-0.4, -0.2) is 46.4 Å². The number of amides is 4.